The highest BCUT2D eigenvalue weighted by Gasteiger charge is 2.35. The van der Waals surface area contributed by atoms with Crippen molar-refractivity contribution >= 4 is 57.8 Å². The van der Waals surface area contributed by atoms with E-state index in [2.05, 4.69) is 42.2 Å². The van der Waals surface area contributed by atoms with E-state index in [1.807, 2.05) is 5.32 Å². The molecule has 0 spiro atoms. The van der Waals surface area contributed by atoms with Crippen LogP contribution in [-0.4, -0.2) is 139 Å². The summed E-state index contributed by atoms with van der Waals surface area (Å²) in [7, 11) is -4.67. The van der Waals surface area contributed by atoms with Gasteiger partial charge in [0, 0.05) is 25.8 Å². The summed E-state index contributed by atoms with van der Waals surface area (Å²) in [5, 5.41) is 28.6. The monoisotopic (exact) mass is 752 g/mol. The number of aliphatic hydroxyl groups excluding tert-OH is 1. The maximum atomic E-state index is 13.4. The molecule has 51 heavy (non-hydrogen) atoms. The molecule has 2 rings (SSSR count). The fraction of sp³-hybridized carbons (Fsp3) is 0.583. The first kappa shape index (κ1) is 43.8. The first-order valence-electron chi connectivity index (χ1n) is 14.9. The van der Waals surface area contributed by atoms with Gasteiger partial charge >= 0.3 is 16.4 Å². The lowest BCUT2D eigenvalue weighted by Crippen LogP contribution is -2.64. The fourth-order valence-electron chi connectivity index (χ4n) is 4.14. The number of nitrogens with two attached hydrogens (primary N) is 5. The Morgan fingerprint density at radius 3 is 2.20 bits per heavy atom. The van der Waals surface area contributed by atoms with Gasteiger partial charge < -0.3 is 76.3 Å². The molecule has 288 valence electrons. The molecule has 2 aliphatic heterocycles. The van der Waals surface area contributed by atoms with Gasteiger partial charge in [-0.3, -0.25) is 42.9 Å². The Balaban J connectivity index is 0.00000242. The summed E-state index contributed by atoms with van der Waals surface area (Å²) in [5.74, 6) is -5.78. The summed E-state index contributed by atoms with van der Waals surface area (Å²) in [4.78, 5) is 93.7. The number of guanidine groups is 1. The summed E-state index contributed by atoms with van der Waals surface area (Å²) in [5.41, 5.74) is 27.4. The Labute approximate surface area is 290 Å². The molecule has 0 saturated carbocycles. The lowest BCUT2D eigenvalue weighted by Gasteiger charge is -2.31. The molecule has 0 aliphatic carbocycles. The van der Waals surface area contributed by atoms with E-state index in [9.17, 15) is 38.7 Å². The van der Waals surface area contributed by atoms with E-state index in [1.54, 1.807) is 0 Å². The third kappa shape index (κ3) is 16.9. The summed E-state index contributed by atoms with van der Waals surface area (Å²) < 4.78 is 31.6. The number of primary amides is 1. The second-order valence-corrected chi connectivity index (χ2v) is 11.6. The molecule has 1 saturated heterocycles. The molecule has 0 aromatic heterocycles. The Bertz CT molecular complexity index is 1450. The molecule has 8 amide bonds. The number of hydrogen-bond acceptors (Lipinski definition) is 16. The van der Waals surface area contributed by atoms with Crippen molar-refractivity contribution in [1.29, 1.82) is 0 Å². The molecule has 26 nitrogen and oxygen atoms in total. The van der Waals surface area contributed by atoms with Gasteiger partial charge in [0.05, 0.1) is 18.7 Å². The Morgan fingerprint density at radius 1 is 1.00 bits per heavy atom. The number of amides is 8. The van der Waals surface area contributed by atoms with E-state index in [4.69, 9.17) is 46.2 Å². The standard InChI is InChI=1S/C24H42N14O8.H2O4S/c25-4-1-2-10(26)17(40)32-7-13-19(42)34-14(8-33-24(29)46)20(43)38-16(12-3-5-30-23(28)37-12)22(45)31-6-11(27)18(41)36-15(9-39)21(44)35-13;1-5(2,3)4/h8,10-13,15-16,39H,1-7,9,25-27H2,(H,31,45)(H,32,40)(H,34,42)(H,35,44)(H,36,41)(H,38,43)(H3,28,30,37)(H3,29,33,46);(H2,1,2,3,4)/b14-8-;/t10-,11-,12+,13-,15-,16?;/m1./s1. The Hall–Kier alpha value is -5.19. The highest BCUT2D eigenvalue weighted by atomic mass is 32.3. The summed E-state index contributed by atoms with van der Waals surface area (Å²) in [6.07, 6.45) is 1.61. The number of nitrogens with one attached hydrogen (secondary N) is 8. The van der Waals surface area contributed by atoms with Gasteiger partial charge in [-0.2, -0.15) is 8.42 Å². The second kappa shape index (κ2) is 21.1. The van der Waals surface area contributed by atoms with Crippen LogP contribution >= 0.6 is 0 Å². The quantitative estimate of drug-likeness (QED) is 0.0768. The van der Waals surface area contributed by atoms with Crippen LogP contribution in [0.25, 0.3) is 0 Å². The number of aliphatic hydroxyl groups is 1. The largest absolute Gasteiger partial charge is 0.394 e. The molecule has 0 radical (unpaired) electrons. The van der Waals surface area contributed by atoms with Crippen molar-refractivity contribution < 1.29 is 56.2 Å². The van der Waals surface area contributed by atoms with Gasteiger partial charge in [-0.05, 0) is 25.8 Å². The van der Waals surface area contributed by atoms with Crippen LogP contribution in [0, 0.1) is 0 Å². The summed E-state index contributed by atoms with van der Waals surface area (Å²) >= 11 is 0. The van der Waals surface area contributed by atoms with Gasteiger partial charge in [0.15, 0.2) is 5.96 Å². The number of nitrogens with zero attached hydrogens (tertiary/aromatic N) is 1. The van der Waals surface area contributed by atoms with Crippen LogP contribution in [0.3, 0.4) is 0 Å². The molecule has 0 bridgehead atoms. The van der Waals surface area contributed by atoms with Crippen molar-refractivity contribution in [3.8, 4) is 0 Å². The van der Waals surface area contributed by atoms with Gasteiger partial charge in [-0.15, -0.1) is 0 Å². The molecule has 6 atom stereocenters. The normalized spacial score (nSPS) is 25.1. The SMILES string of the molecule is NCCC[C@@H](N)C(=O)NC[C@H]1NC(=O)[C@@H](CO)NC(=O)[C@H](N)CNC(=O)C([C@@H]2CCN=C(N)N2)NC(=O)/C(=C/NC(N)=O)NC1=O.O=S(=O)(O)O. The van der Waals surface area contributed by atoms with Crippen LogP contribution in [0.4, 0.5) is 4.79 Å². The summed E-state index contributed by atoms with van der Waals surface area (Å²) in [6, 6.07) is -9.04. The van der Waals surface area contributed by atoms with Gasteiger partial charge in [0.2, 0.25) is 29.5 Å². The summed E-state index contributed by atoms with van der Waals surface area (Å²) in [6.45, 7) is -1.51. The number of urea groups is 1. The van der Waals surface area contributed by atoms with Gasteiger partial charge in [-0.25, -0.2) is 4.79 Å². The van der Waals surface area contributed by atoms with E-state index in [-0.39, 0.29) is 31.9 Å². The maximum Gasteiger partial charge on any atom is 0.394 e. The van der Waals surface area contributed by atoms with Crippen molar-refractivity contribution in [2.24, 2.45) is 33.7 Å². The van der Waals surface area contributed by atoms with Gasteiger partial charge in [0.25, 0.3) is 5.91 Å². The van der Waals surface area contributed by atoms with Gasteiger partial charge in [-0.1, -0.05) is 0 Å². The van der Waals surface area contributed by atoms with Gasteiger partial charge in [0.1, 0.15) is 29.9 Å². The molecule has 1 unspecified atom stereocenters. The van der Waals surface area contributed by atoms with Crippen molar-refractivity contribution in [2.45, 2.75) is 55.5 Å². The molecule has 0 aromatic rings. The van der Waals surface area contributed by atoms with E-state index >= 15 is 0 Å². The van der Waals surface area contributed by atoms with Crippen molar-refractivity contribution in [1.82, 2.24) is 42.5 Å². The average Bonchev–Trinajstić information content (AvgIpc) is 3.05. The van der Waals surface area contributed by atoms with E-state index in [0.717, 1.165) is 6.20 Å². The number of hydrogen-bond donors (Lipinski definition) is 16. The predicted octanol–water partition coefficient (Wildman–Crippen LogP) is -9.28. The molecule has 1 fully saturated rings. The lowest BCUT2D eigenvalue weighted by molar-refractivity contribution is -0.134. The molecule has 2 aliphatic rings. The molecular weight excluding hydrogens is 708 g/mol. The fourth-order valence-corrected chi connectivity index (χ4v) is 4.14. The molecule has 0 aromatic carbocycles. The average molecular weight is 753 g/mol. The first-order valence-corrected chi connectivity index (χ1v) is 16.3. The smallest absolute Gasteiger partial charge is 0.394 e. The highest BCUT2D eigenvalue weighted by molar-refractivity contribution is 7.79. The zero-order valence-corrected chi connectivity index (χ0v) is 27.8. The van der Waals surface area contributed by atoms with Crippen LogP contribution in [0.1, 0.15) is 19.3 Å². The van der Waals surface area contributed by atoms with E-state index < -0.39 is 114 Å². The van der Waals surface area contributed by atoms with E-state index in [1.165, 1.54) is 0 Å². The van der Waals surface area contributed by atoms with Crippen LogP contribution in [0.15, 0.2) is 16.9 Å². The zero-order valence-electron chi connectivity index (χ0n) is 27.0. The third-order valence-corrected chi connectivity index (χ3v) is 6.71. The Kier molecular flexibility index (Phi) is 18.2. The third-order valence-electron chi connectivity index (χ3n) is 6.71. The minimum atomic E-state index is -4.67. The second-order valence-electron chi connectivity index (χ2n) is 10.7. The van der Waals surface area contributed by atoms with Crippen LogP contribution in [-0.2, 0) is 39.2 Å². The minimum Gasteiger partial charge on any atom is -0.394 e. The number of rotatable bonds is 9. The molecule has 21 N–H and O–H groups in total. The first-order chi connectivity index (χ1) is 23.8. The van der Waals surface area contributed by atoms with E-state index in [0.29, 0.717) is 6.42 Å². The van der Waals surface area contributed by atoms with Crippen LogP contribution < -0.4 is 71.2 Å². The lowest BCUT2D eigenvalue weighted by atomic mass is 10.0. The highest BCUT2D eigenvalue weighted by Crippen LogP contribution is 2.07. The van der Waals surface area contributed by atoms with Crippen LogP contribution in [0.2, 0.25) is 0 Å². The maximum absolute atomic E-state index is 13.4. The molecule has 2 heterocycles. The Morgan fingerprint density at radius 2 is 1.63 bits per heavy atom. The molecular formula is C24H44N14O12S. The molecule has 27 heteroatoms. The van der Waals surface area contributed by atoms with Crippen LogP contribution in [0.5, 0.6) is 0 Å². The minimum absolute atomic E-state index is 0.0144. The van der Waals surface area contributed by atoms with Crippen molar-refractivity contribution in [2.75, 3.05) is 32.8 Å². The van der Waals surface area contributed by atoms with Crippen molar-refractivity contribution in [3.05, 3.63) is 11.9 Å². The van der Waals surface area contributed by atoms with Crippen molar-refractivity contribution in [3.63, 3.8) is 0 Å². The topological polar surface area (TPSA) is 453 Å². The number of carbonyl (C=O) groups is 7. The number of aliphatic imine (C=N–C) groups is 1. The predicted molar refractivity (Wildman–Crippen MR) is 174 cm³/mol. The number of carbonyl (C=O) groups excluding carboxylic acids is 7. The zero-order chi connectivity index (χ0) is 38.9.